The average molecular weight is 360 g/mol. The molecule has 0 aliphatic rings. The lowest BCUT2D eigenvalue weighted by Crippen LogP contribution is -2.30. The maximum Gasteiger partial charge on any atom is 0.253 e. The van der Waals surface area contributed by atoms with Crippen molar-refractivity contribution in [3.63, 3.8) is 0 Å². The summed E-state index contributed by atoms with van der Waals surface area (Å²) in [5.41, 5.74) is 1.44. The third-order valence-electron chi connectivity index (χ3n) is 4.11. The molecule has 0 atom stereocenters. The highest BCUT2D eigenvalue weighted by atomic mass is 32.2. The van der Waals surface area contributed by atoms with Gasteiger partial charge in [-0.05, 0) is 43.7 Å². The number of carbonyl (C=O) groups is 1. The van der Waals surface area contributed by atoms with E-state index in [4.69, 9.17) is 0 Å². The van der Waals surface area contributed by atoms with Gasteiger partial charge in [0.1, 0.15) is 0 Å². The molecule has 0 heterocycles. The van der Waals surface area contributed by atoms with Gasteiger partial charge in [0.05, 0.1) is 4.90 Å². The second-order valence-electron chi connectivity index (χ2n) is 5.75. The molecule has 0 aliphatic carbocycles. The first-order chi connectivity index (χ1) is 11.9. The lowest BCUT2D eigenvalue weighted by molar-refractivity contribution is 0.0773. The number of nitrogens with zero attached hydrogens (tertiary/aromatic N) is 2. The van der Waals surface area contributed by atoms with Gasteiger partial charge < -0.3 is 4.90 Å². The Hall–Kier alpha value is -2.18. The van der Waals surface area contributed by atoms with Gasteiger partial charge in [-0.25, -0.2) is 8.42 Å². The number of sulfonamides is 1. The molecule has 0 radical (unpaired) electrons. The summed E-state index contributed by atoms with van der Waals surface area (Å²) in [6.45, 7) is 5.46. The summed E-state index contributed by atoms with van der Waals surface area (Å²) in [4.78, 5) is 14.3. The van der Waals surface area contributed by atoms with E-state index in [9.17, 15) is 13.2 Å². The molecule has 5 nitrogen and oxygen atoms in total. The monoisotopic (exact) mass is 360 g/mol. The molecular formula is C19H24N2O3S. The minimum absolute atomic E-state index is 0.0122. The smallest absolute Gasteiger partial charge is 0.253 e. The Kier molecular flexibility index (Phi) is 6.33. The van der Waals surface area contributed by atoms with Crippen molar-refractivity contribution in [2.75, 3.05) is 20.1 Å². The predicted octanol–water partition coefficient (Wildman–Crippen LogP) is 2.99. The van der Waals surface area contributed by atoms with E-state index >= 15 is 0 Å². The van der Waals surface area contributed by atoms with Crippen molar-refractivity contribution < 1.29 is 13.2 Å². The van der Waals surface area contributed by atoms with Gasteiger partial charge in [-0.3, -0.25) is 4.79 Å². The molecule has 6 heteroatoms. The molecule has 1 amide bonds. The van der Waals surface area contributed by atoms with E-state index in [0.29, 0.717) is 18.7 Å². The summed E-state index contributed by atoms with van der Waals surface area (Å²) in [5, 5.41) is 0. The fourth-order valence-corrected chi connectivity index (χ4v) is 3.74. The first kappa shape index (κ1) is 19.1. The van der Waals surface area contributed by atoms with Crippen LogP contribution in [0.1, 0.15) is 29.8 Å². The standard InChI is InChI=1S/C19H24N2O3S/c1-4-21(5-2)19(22)17-13-11-16(12-14-17)15-20(3)25(23,24)18-9-7-6-8-10-18/h6-14H,4-5,15H2,1-3H3. The van der Waals surface area contributed by atoms with Crippen molar-refractivity contribution in [1.29, 1.82) is 0 Å². The summed E-state index contributed by atoms with van der Waals surface area (Å²) in [5.74, 6) is -0.0122. The molecule has 0 saturated carbocycles. The molecule has 0 fully saturated rings. The fourth-order valence-electron chi connectivity index (χ4n) is 2.56. The summed E-state index contributed by atoms with van der Waals surface area (Å²) < 4.78 is 26.4. The maximum atomic E-state index is 12.5. The second-order valence-corrected chi connectivity index (χ2v) is 7.79. The molecule has 0 unspecified atom stereocenters. The van der Waals surface area contributed by atoms with E-state index in [1.54, 1.807) is 66.5 Å². The largest absolute Gasteiger partial charge is 0.339 e. The molecule has 2 rings (SSSR count). The first-order valence-corrected chi connectivity index (χ1v) is 9.73. The Morgan fingerprint density at radius 3 is 2.00 bits per heavy atom. The van der Waals surface area contributed by atoms with E-state index < -0.39 is 10.0 Å². The Balaban J connectivity index is 2.12. The lowest BCUT2D eigenvalue weighted by Gasteiger charge is -2.19. The Morgan fingerprint density at radius 2 is 1.48 bits per heavy atom. The van der Waals surface area contributed by atoms with Crippen LogP contribution in [0.4, 0.5) is 0 Å². The van der Waals surface area contributed by atoms with Crippen LogP contribution in [0.5, 0.6) is 0 Å². The lowest BCUT2D eigenvalue weighted by atomic mass is 10.1. The van der Waals surface area contributed by atoms with E-state index in [2.05, 4.69) is 0 Å². The molecule has 0 saturated heterocycles. The van der Waals surface area contributed by atoms with E-state index in [-0.39, 0.29) is 17.3 Å². The Morgan fingerprint density at radius 1 is 0.920 bits per heavy atom. The molecule has 0 aliphatic heterocycles. The van der Waals surface area contributed by atoms with Gasteiger partial charge in [0.15, 0.2) is 0 Å². The quantitative estimate of drug-likeness (QED) is 0.763. The molecule has 0 bridgehead atoms. The van der Waals surface area contributed by atoms with Gasteiger partial charge in [0.25, 0.3) is 5.91 Å². The Labute approximate surface area is 149 Å². The van der Waals surface area contributed by atoms with Crippen LogP contribution in [0.15, 0.2) is 59.5 Å². The maximum absolute atomic E-state index is 12.5. The highest BCUT2D eigenvalue weighted by Gasteiger charge is 2.20. The number of carbonyl (C=O) groups excluding carboxylic acids is 1. The van der Waals surface area contributed by atoms with Crippen molar-refractivity contribution in [3.8, 4) is 0 Å². The molecular weight excluding hydrogens is 336 g/mol. The van der Waals surface area contributed by atoms with Crippen LogP contribution in [-0.2, 0) is 16.6 Å². The molecule has 0 spiro atoms. The molecule has 2 aromatic rings. The van der Waals surface area contributed by atoms with Crippen molar-refractivity contribution >= 4 is 15.9 Å². The third-order valence-corrected chi connectivity index (χ3v) is 5.93. The van der Waals surface area contributed by atoms with Crippen LogP contribution < -0.4 is 0 Å². The van der Waals surface area contributed by atoms with Crippen LogP contribution >= 0.6 is 0 Å². The van der Waals surface area contributed by atoms with Crippen LogP contribution in [0.3, 0.4) is 0 Å². The van der Waals surface area contributed by atoms with Crippen LogP contribution in [0.2, 0.25) is 0 Å². The number of amides is 1. The SMILES string of the molecule is CCN(CC)C(=O)c1ccc(CN(C)S(=O)(=O)c2ccccc2)cc1. The van der Waals surface area contributed by atoms with Gasteiger partial charge >= 0.3 is 0 Å². The zero-order chi connectivity index (χ0) is 18.4. The van der Waals surface area contributed by atoms with Gasteiger partial charge in [-0.1, -0.05) is 30.3 Å². The van der Waals surface area contributed by atoms with Crippen LogP contribution in [-0.4, -0.2) is 43.7 Å². The summed E-state index contributed by atoms with van der Waals surface area (Å²) in [6.07, 6.45) is 0. The second kappa shape index (κ2) is 8.27. The van der Waals surface area contributed by atoms with Gasteiger partial charge in [-0.15, -0.1) is 0 Å². The van der Waals surface area contributed by atoms with E-state index in [1.165, 1.54) is 4.31 Å². The van der Waals surface area contributed by atoms with Crippen LogP contribution in [0.25, 0.3) is 0 Å². The summed E-state index contributed by atoms with van der Waals surface area (Å²) in [6, 6.07) is 15.4. The fraction of sp³-hybridized carbons (Fsp3) is 0.316. The zero-order valence-corrected chi connectivity index (χ0v) is 15.7. The van der Waals surface area contributed by atoms with Crippen molar-refractivity contribution in [2.45, 2.75) is 25.3 Å². The van der Waals surface area contributed by atoms with Gasteiger partial charge in [0.2, 0.25) is 10.0 Å². The highest BCUT2D eigenvalue weighted by Crippen LogP contribution is 2.17. The Bertz CT molecular complexity index is 798. The van der Waals surface area contributed by atoms with Crippen LogP contribution in [0, 0.1) is 0 Å². The number of hydrogen-bond acceptors (Lipinski definition) is 3. The molecule has 0 aromatic heterocycles. The van der Waals surface area contributed by atoms with Crippen molar-refractivity contribution in [1.82, 2.24) is 9.21 Å². The number of hydrogen-bond donors (Lipinski definition) is 0. The van der Waals surface area contributed by atoms with Crippen molar-refractivity contribution in [2.24, 2.45) is 0 Å². The minimum atomic E-state index is -3.53. The third kappa shape index (κ3) is 4.46. The summed E-state index contributed by atoms with van der Waals surface area (Å²) >= 11 is 0. The predicted molar refractivity (Wildman–Crippen MR) is 98.8 cm³/mol. The zero-order valence-electron chi connectivity index (χ0n) is 14.8. The molecule has 25 heavy (non-hydrogen) atoms. The number of benzene rings is 2. The number of rotatable bonds is 7. The topological polar surface area (TPSA) is 57.7 Å². The van der Waals surface area contributed by atoms with E-state index in [1.807, 2.05) is 13.8 Å². The van der Waals surface area contributed by atoms with Gasteiger partial charge in [0, 0.05) is 32.2 Å². The highest BCUT2D eigenvalue weighted by molar-refractivity contribution is 7.89. The average Bonchev–Trinajstić information content (AvgIpc) is 2.64. The van der Waals surface area contributed by atoms with Gasteiger partial charge in [-0.2, -0.15) is 4.31 Å². The first-order valence-electron chi connectivity index (χ1n) is 8.29. The normalized spacial score (nSPS) is 11.5. The summed E-state index contributed by atoms with van der Waals surface area (Å²) in [7, 11) is -1.97. The van der Waals surface area contributed by atoms with Crippen molar-refractivity contribution in [3.05, 3.63) is 65.7 Å². The van der Waals surface area contributed by atoms with E-state index in [0.717, 1.165) is 5.56 Å². The molecule has 2 aromatic carbocycles. The molecule has 134 valence electrons. The molecule has 0 N–H and O–H groups in total. The minimum Gasteiger partial charge on any atom is -0.339 e.